The van der Waals surface area contributed by atoms with E-state index in [1.54, 1.807) is 11.3 Å². The normalized spacial score (nSPS) is 11.9. The highest BCUT2D eigenvalue weighted by Gasteiger charge is 2.23. The molecule has 1 heterocycles. The quantitative estimate of drug-likeness (QED) is 0.504. The molecule has 7 heteroatoms. The van der Waals surface area contributed by atoms with Crippen molar-refractivity contribution in [1.29, 1.82) is 0 Å². The summed E-state index contributed by atoms with van der Waals surface area (Å²) >= 11 is 1.61. The summed E-state index contributed by atoms with van der Waals surface area (Å²) in [5.74, 6) is -0.488. The van der Waals surface area contributed by atoms with Crippen LogP contribution in [0.5, 0.6) is 0 Å². The second-order valence-corrected chi connectivity index (χ2v) is 5.69. The minimum atomic E-state index is -0.631. The summed E-state index contributed by atoms with van der Waals surface area (Å²) in [6.45, 7) is 1.86. The Morgan fingerprint density at radius 2 is 2.19 bits per heavy atom. The summed E-state index contributed by atoms with van der Waals surface area (Å²) in [4.78, 5) is 23.7. The van der Waals surface area contributed by atoms with Gasteiger partial charge in [0.25, 0.3) is 5.91 Å². The molecule has 0 fully saturated rings. The van der Waals surface area contributed by atoms with Crippen LogP contribution in [0.1, 0.15) is 22.2 Å². The van der Waals surface area contributed by atoms with Crippen LogP contribution in [0.25, 0.3) is 0 Å². The standard InChI is InChI=1S/C14H15N3O3S/c1-9(8-10-4-3-7-21-10)16-14(18)11-5-2-6-12(15)13(11)17(19)20/h2-7,9H,8,15H2,1H3,(H,16,18). The number of thiophene rings is 1. The third-order valence-corrected chi connectivity index (χ3v) is 3.86. The first-order valence-corrected chi connectivity index (χ1v) is 7.23. The topological polar surface area (TPSA) is 98.3 Å². The number of nitrogens with two attached hydrogens (primary N) is 1. The molecule has 1 atom stereocenters. The van der Waals surface area contributed by atoms with Gasteiger partial charge in [-0.15, -0.1) is 11.3 Å². The Morgan fingerprint density at radius 1 is 1.43 bits per heavy atom. The number of amides is 1. The first-order valence-electron chi connectivity index (χ1n) is 6.35. The van der Waals surface area contributed by atoms with Gasteiger partial charge >= 0.3 is 5.69 Å². The summed E-state index contributed by atoms with van der Waals surface area (Å²) in [6, 6.07) is 8.14. The molecule has 0 saturated heterocycles. The van der Waals surface area contributed by atoms with Crippen LogP contribution in [0.4, 0.5) is 11.4 Å². The lowest BCUT2D eigenvalue weighted by Gasteiger charge is -2.13. The van der Waals surface area contributed by atoms with Crippen molar-refractivity contribution in [2.75, 3.05) is 5.73 Å². The molecule has 0 radical (unpaired) electrons. The number of carbonyl (C=O) groups is 1. The van der Waals surface area contributed by atoms with Crippen LogP contribution in [0.3, 0.4) is 0 Å². The van der Waals surface area contributed by atoms with E-state index in [4.69, 9.17) is 5.73 Å². The number of benzene rings is 1. The van der Waals surface area contributed by atoms with Gasteiger partial charge < -0.3 is 11.1 Å². The van der Waals surface area contributed by atoms with Crippen LogP contribution < -0.4 is 11.1 Å². The number of para-hydroxylation sites is 1. The summed E-state index contributed by atoms with van der Waals surface area (Å²) in [7, 11) is 0. The Bertz CT molecular complexity index is 655. The number of hydrogen-bond acceptors (Lipinski definition) is 5. The maximum atomic E-state index is 12.2. The van der Waals surface area contributed by atoms with Crippen molar-refractivity contribution >= 4 is 28.6 Å². The second-order valence-electron chi connectivity index (χ2n) is 4.66. The summed E-state index contributed by atoms with van der Waals surface area (Å²) in [5.41, 5.74) is 5.20. The molecule has 1 aromatic carbocycles. The van der Waals surface area contributed by atoms with E-state index in [1.807, 2.05) is 24.4 Å². The summed E-state index contributed by atoms with van der Waals surface area (Å²) in [5, 5.41) is 15.8. The van der Waals surface area contributed by atoms with Crippen LogP contribution in [0, 0.1) is 10.1 Å². The number of hydrogen-bond donors (Lipinski definition) is 2. The molecule has 21 heavy (non-hydrogen) atoms. The first kappa shape index (κ1) is 15.0. The Kier molecular flexibility index (Phi) is 4.54. The minimum absolute atomic E-state index is 0.0152. The number of rotatable bonds is 5. The highest BCUT2D eigenvalue weighted by molar-refractivity contribution is 7.09. The predicted molar refractivity (Wildman–Crippen MR) is 82.5 cm³/mol. The molecule has 6 nitrogen and oxygen atoms in total. The highest BCUT2D eigenvalue weighted by atomic mass is 32.1. The van der Waals surface area contributed by atoms with Gasteiger partial charge in [0.1, 0.15) is 11.3 Å². The third-order valence-electron chi connectivity index (χ3n) is 2.96. The third kappa shape index (κ3) is 3.57. The average Bonchev–Trinajstić information content (AvgIpc) is 2.90. The number of nitrogen functional groups attached to an aromatic ring is 1. The van der Waals surface area contributed by atoms with E-state index < -0.39 is 10.8 Å². The van der Waals surface area contributed by atoms with Gasteiger partial charge in [-0.05, 0) is 30.5 Å². The van der Waals surface area contributed by atoms with Crippen molar-refractivity contribution < 1.29 is 9.72 Å². The number of carbonyl (C=O) groups excluding carboxylic acids is 1. The van der Waals surface area contributed by atoms with Gasteiger partial charge in [-0.25, -0.2) is 0 Å². The molecule has 1 unspecified atom stereocenters. The molecule has 0 aliphatic rings. The van der Waals surface area contributed by atoms with Gasteiger partial charge in [-0.2, -0.15) is 0 Å². The van der Waals surface area contributed by atoms with E-state index in [0.717, 1.165) is 4.88 Å². The molecule has 1 amide bonds. The monoisotopic (exact) mass is 305 g/mol. The van der Waals surface area contributed by atoms with Crippen molar-refractivity contribution in [3.63, 3.8) is 0 Å². The lowest BCUT2D eigenvalue weighted by Crippen LogP contribution is -2.34. The smallest absolute Gasteiger partial charge is 0.304 e. The Morgan fingerprint density at radius 3 is 2.81 bits per heavy atom. The zero-order valence-corrected chi connectivity index (χ0v) is 12.2. The van der Waals surface area contributed by atoms with Gasteiger partial charge in [0.2, 0.25) is 0 Å². The first-order chi connectivity index (χ1) is 9.99. The van der Waals surface area contributed by atoms with Gasteiger partial charge in [0.15, 0.2) is 0 Å². The average molecular weight is 305 g/mol. The van der Waals surface area contributed by atoms with Crippen LogP contribution in [0.15, 0.2) is 35.7 Å². The van der Waals surface area contributed by atoms with E-state index in [0.29, 0.717) is 6.42 Å². The molecule has 0 saturated carbocycles. The molecule has 110 valence electrons. The van der Waals surface area contributed by atoms with E-state index in [2.05, 4.69) is 5.32 Å². The van der Waals surface area contributed by atoms with Crippen molar-refractivity contribution in [2.45, 2.75) is 19.4 Å². The zero-order valence-electron chi connectivity index (χ0n) is 11.4. The van der Waals surface area contributed by atoms with Gasteiger partial charge in [-0.3, -0.25) is 14.9 Å². The summed E-state index contributed by atoms with van der Waals surface area (Å²) < 4.78 is 0. The van der Waals surface area contributed by atoms with E-state index in [1.165, 1.54) is 18.2 Å². The van der Waals surface area contributed by atoms with Gasteiger partial charge in [-0.1, -0.05) is 12.1 Å². The highest BCUT2D eigenvalue weighted by Crippen LogP contribution is 2.25. The molecular weight excluding hydrogens is 290 g/mol. The van der Waals surface area contributed by atoms with Crippen LogP contribution in [-0.4, -0.2) is 16.9 Å². The summed E-state index contributed by atoms with van der Waals surface area (Å²) in [6.07, 6.45) is 0.680. The second kappa shape index (κ2) is 6.36. The minimum Gasteiger partial charge on any atom is -0.393 e. The van der Waals surface area contributed by atoms with Crippen LogP contribution in [0.2, 0.25) is 0 Å². The van der Waals surface area contributed by atoms with Crippen molar-refractivity contribution in [3.05, 3.63) is 56.3 Å². The van der Waals surface area contributed by atoms with Crippen LogP contribution >= 0.6 is 11.3 Å². The molecule has 0 bridgehead atoms. The number of nitrogens with zero attached hydrogens (tertiary/aromatic N) is 1. The number of anilines is 1. The number of nitro benzene ring substituents is 1. The molecular formula is C14H15N3O3S. The fourth-order valence-corrected chi connectivity index (χ4v) is 2.87. The molecule has 2 rings (SSSR count). The van der Waals surface area contributed by atoms with Crippen LogP contribution in [-0.2, 0) is 6.42 Å². The molecule has 0 aliphatic heterocycles. The largest absolute Gasteiger partial charge is 0.393 e. The van der Waals surface area contributed by atoms with Gasteiger partial charge in [0.05, 0.1) is 4.92 Å². The SMILES string of the molecule is CC(Cc1cccs1)NC(=O)c1cccc(N)c1[N+](=O)[O-]. The van der Waals surface area contributed by atoms with Gasteiger partial charge in [0, 0.05) is 17.3 Å². The number of nitrogens with one attached hydrogen (secondary N) is 1. The van der Waals surface area contributed by atoms with E-state index in [-0.39, 0.29) is 23.0 Å². The van der Waals surface area contributed by atoms with E-state index in [9.17, 15) is 14.9 Å². The fourth-order valence-electron chi connectivity index (χ4n) is 2.03. The maximum absolute atomic E-state index is 12.2. The molecule has 1 aromatic heterocycles. The Balaban J connectivity index is 2.13. The lowest BCUT2D eigenvalue weighted by molar-refractivity contribution is -0.384. The maximum Gasteiger partial charge on any atom is 0.304 e. The fraction of sp³-hybridized carbons (Fsp3) is 0.214. The molecule has 0 aliphatic carbocycles. The Hall–Kier alpha value is -2.41. The van der Waals surface area contributed by atoms with E-state index >= 15 is 0 Å². The van der Waals surface area contributed by atoms with Crippen molar-refractivity contribution in [3.8, 4) is 0 Å². The molecule has 0 spiro atoms. The van der Waals surface area contributed by atoms with Crippen molar-refractivity contribution in [1.82, 2.24) is 5.32 Å². The number of nitro groups is 1. The van der Waals surface area contributed by atoms with Crippen molar-refractivity contribution in [2.24, 2.45) is 0 Å². The molecule has 3 N–H and O–H groups in total. The predicted octanol–water partition coefficient (Wildman–Crippen LogP) is 2.60. The molecule has 2 aromatic rings. The zero-order chi connectivity index (χ0) is 15.4. The lowest BCUT2D eigenvalue weighted by atomic mass is 10.1. The Labute approximate surface area is 125 Å².